The molecule has 1 unspecified atom stereocenters. The van der Waals surface area contributed by atoms with E-state index in [1.165, 1.54) is 39.2 Å². The number of aromatic nitrogens is 4. The number of halogens is 1. The Morgan fingerprint density at radius 1 is 1.00 bits per heavy atom. The maximum absolute atomic E-state index is 15.4. The largest absolute Gasteiger partial charge is 0.494 e. The van der Waals surface area contributed by atoms with Crippen LogP contribution in [0.15, 0.2) is 25.0 Å². The van der Waals surface area contributed by atoms with Gasteiger partial charge in [0.2, 0.25) is 0 Å². The standard InChI is InChI=1S/C38H60FN5O4Si2/c1-11-48-26(2)33-34(29-19-27-12-13-28(18-27)20-29)42-36-31(30-21-32(39)35(40-22-30)38(3,4)45)23-41-44(36)37(33)43(24-46-14-16-49(5,6)7)25-47-15-17-50(8,9)10/h21-23,27-29,45H,2,11-20,24-25H2,1,3-10H3/t27-,28+,29?. The topological polar surface area (TPSA) is 94.2 Å². The van der Waals surface area contributed by atoms with Gasteiger partial charge >= 0.3 is 0 Å². The molecule has 0 radical (unpaired) electrons. The second-order valence-corrected chi connectivity index (χ2v) is 28.7. The van der Waals surface area contributed by atoms with Crippen LogP contribution in [0.4, 0.5) is 10.2 Å². The number of aliphatic hydroxyl groups is 1. The molecule has 1 N–H and O–H groups in total. The number of rotatable bonds is 17. The van der Waals surface area contributed by atoms with Crippen molar-refractivity contribution in [3.8, 4) is 11.1 Å². The highest BCUT2D eigenvalue weighted by atomic mass is 28.3. The van der Waals surface area contributed by atoms with Crippen LogP contribution in [0.1, 0.15) is 75.7 Å². The predicted octanol–water partition coefficient (Wildman–Crippen LogP) is 8.89. The van der Waals surface area contributed by atoms with Crippen LogP contribution in [0.25, 0.3) is 22.5 Å². The average Bonchev–Trinajstić information content (AvgIpc) is 3.59. The van der Waals surface area contributed by atoms with E-state index in [0.717, 1.165) is 42.0 Å². The maximum atomic E-state index is 15.4. The second kappa shape index (κ2) is 15.5. The van der Waals surface area contributed by atoms with Gasteiger partial charge in [0, 0.05) is 52.6 Å². The molecule has 2 saturated carbocycles. The van der Waals surface area contributed by atoms with Crippen molar-refractivity contribution >= 4 is 33.4 Å². The minimum Gasteiger partial charge on any atom is -0.494 e. The normalized spacial score (nSPS) is 19.7. The third-order valence-electron chi connectivity index (χ3n) is 10.0. The number of fused-ring (bicyclic) bond motifs is 3. The van der Waals surface area contributed by atoms with E-state index in [9.17, 15) is 5.11 Å². The van der Waals surface area contributed by atoms with Gasteiger partial charge < -0.3 is 24.2 Å². The summed E-state index contributed by atoms with van der Waals surface area (Å²) in [7, 11) is -2.64. The van der Waals surface area contributed by atoms with Crippen LogP contribution in [0.3, 0.4) is 0 Å². The zero-order chi connectivity index (χ0) is 36.4. The molecule has 0 saturated heterocycles. The van der Waals surface area contributed by atoms with Crippen LogP contribution in [-0.4, -0.2) is 74.1 Å². The molecule has 50 heavy (non-hydrogen) atoms. The first kappa shape index (κ1) is 38.6. The molecule has 2 fully saturated rings. The van der Waals surface area contributed by atoms with Crippen molar-refractivity contribution < 1.29 is 23.7 Å². The highest BCUT2D eigenvalue weighted by Crippen LogP contribution is 2.50. The molecule has 3 heterocycles. The van der Waals surface area contributed by atoms with Crippen LogP contribution >= 0.6 is 0 Å². The quantitative estimate of drug-likeness (QED) is 0.0639. The van der Waals surface area contributed by atoms with Gasteiger partial charge in [0.15, 0.2) is 5.65 Å². The summed E-state index contributed by atoms with van der Waals surface area (Å²) in [5.41, 5.74) is 2.17. The molecule has 0 aliphatic heterocycles. The fourth-order valence-electron chi connectivity index (χ4n) is 7.33. The fraction of sp³-hybridized carbons (Fsp3) is 0.658. The maximum Gasteiger partial charge on any atom is 0.165 e. The molecule has 5 rings (SSSR count). The third kappa shape index (κ3) is 9.41. The Hall–Kier alpha value is -2.65. The van der Waals surface area contributed by atoms with E-state index in [-0.39, 0.29) is 11.6 Å². The highest BCUT2D eigenvalue weighted by molar-refractivity contribution is 6.76. The summed E-state index contributed by atoms with van der Waals surface area (Å²) < 4.78 is 36.3. The molecule has 2 bridgehead atoms. The summed E-state index contributed by atoms with van der Waals surface area (Å²) in [5.74, 6) is 2.31. The van der Waals surface area contributed by atoms with Crippen molar-refractivity contribution in [3.05, 3.63) is 47.8 Å². The van der Waals surface area contributed by atoms with Crippen molar-refractivity contribution in [1.82, 2.24) is 19.6 Å². The molecule has 12 heteroatoms. The summed E-state index contributed by atoms with van der Waals surface area (Å²) in [6, 6.07) is 3.51. The Kier molecular flexibility index (Phi) is 12.0. The Morgan fingerprint density at radius 2 is 1.60 bits per heavy atom. The van der Waals surface area contributed by atoms with E-state index in [4.69, 9.17) is 24.3 Å². The number of pyridine rings is 1. The number of hydrogen-bond donors (Lipinski definition) is 1. The molecule has 0 aromatic carbocycles. The Morgan fingerprint density at radius 3 is 2.12 bits per heavy atom. The SMILES string of the molecule is C=C(OCC)c1c(C2C[C@H]3CC[C@@H](C2)C3)nc2c(-c3cnc(C(C)(C)O)c(F)c3)cnn2c1N(COCC[Si](C)(C)C)COCC[Si](C)(C)C. The molecule has 3 aromatic rings. The average molecular weight is 726 g/mol. The van der Waals surface area contributed by atoms with E-state index in [2.05, 4.69) is 55.7 Å². The van der Waals surface area contributed by atoms with Crippen LogP contribution in [0, 0.1) is 17.7 Å². The summed E-state index contributed by atoms with van der Waals surface area (Å²) >= 11 is 0. The van der Waals surface area contributed by atoms with Crippen LogP contribution in [0.5, 0.6) is 0 Å². The number of hydrogen-bond acceptors (Lipinski definition) is 8. The fourth-order valence-corrected chi connectivity index (χ4v) is 8.85. The van der Waals surface area contributed by atoms with E-state index >= 15 is 4.39 Å². The van der Waals surface area contributed by atoms with Gasteiger partial charge in [-0.15, -0.1) is 0 Å². The van der Waals surface area contributed by atoms with Crippen molar-refractivity contribution in [2.75, 3.05) is 38.2 Å². The van der Waals surface area contributed by atoms with Crippen LogP contribution < -0.4 is 4.90 Å². The van der Waals surface area contributed by atoms with E-state index in [1.54, 1.807) is 12.4 Å². The Bertz CT molecular complexity index is 1610. The van der Waals surface area contributed by atoms with Gasteiger partial charge in [0.1, 0.15) is 42.2 Å². The van der Waals surface area contributed by atoms with Crippen molar-refractivity contribution in [2.45, 2.75) is 116 Å². The molecular formula is C38H60FN5O4Si2. The third-order valence-corrected chi connectivity index (χ3v) is 13.4. The van der Waals surface area contributed by atoms with Gasteiger partial charge in [-0.25, -0.2) is 9.37 Å². The van der Waals surface area contributed by atoms with Crippen molar-refractivity contribution in [2.24, 2.45) is 11.8 Å². The minimum absolute atomic E-state index is 0.00264. The number of anilines is 1. The van der Waals surface area contributed by atoms with Crippen molar-refractivity contribution in [3.63, 3.8) is 0 Å². The second-order valence-electron chi connectivity index (χ2n) is 17.4. The van der Waals surface area contributed by atoms with E-state index in [0.29, 0.717) is 67.7 Å². The number of nitrogens with zero attached hydrogens (tertiary/aromatic N) is 5. The Labute approximate surface area is 300 Å². The molecular weight excluding hydrogens is 666 g/mol. The summed E-state index contributed by atoms with van der Waals surface area (Å²) in [6.45, 7) is 26.0. The molecule has 2 aliphatic carbocycles. The molecule has 0 amide bonds. The van der Waals surface area contributed by atoms with E-state index in [1.807, 2.05) is 11.4 Å². The van der Waals surface area contributed by atoms with Crippen molar-refractivity contribution in [1.29, 1.82) is 0 Å². The Balaban J connectivity index is 1.69. The van der Waals surface area contributed by atoms with Crippen LogP contribution in [0.2, 0.25) is 51.4 Å². The zero-order valence-corrected chi connectivity index (χ0v) is 33.9. The lowest BCUT2D eigenvalue weighted by Gasteiger charge is -2.33. The van der Waals surface area contributed by atoms with E-state index < -0.39 is 27.6 Å². The first-order valence-corrected chi connectivity index (χ1v) is 25.9. The van der Waals surface area contributed by atoms with Gasteiger partial charge in [0.05, 0.1) is 24.1 Å². The van der Waals surface area contributed by atoms with Gasteiger partial charge in [-0.2, -0.15) is 9.61 Å². The van der Waals surface area contributed by atoms with Gasteiger partial charge in [0.25, 0.3) is 0 Å². The molecule has 0 spiro atoms. The first-order valence-electron chi connectivity index (χ1n) is 18.5. The molecule has 9 nitrogen and oxygen atoms in total. The van der Waals surface area contributed by atoms with Gasteiger partial charge in [-0.3, -0.25) is 4.98 Å². The van der Waals surface area contributed by atoms with Gasteiger partial charge in [-0.05, 0) is 70.0 Å². The lowest BCUT2D eigenvalue weighted by molar-refractivity contribution is 0.0695. The first-order chi connectivity index (χ1) is 23.4. The number of ether oxygens (including phenoxy) is 3. The smallest absolute Gasteiger partial charge is 0.165 e. The minimum atomic E-state index is -1.41. The highest BCUT2D eigenvalue weighted by Gasteiger charge is 2.38. The predicted molar refractivity (Wildman–Crippen MR) is 205 cm³/mol. The van der Waals surface area contributed by atoms with Crippen LogP contribution in [-0.2, 0) is 19.8 Å². The molecule has 276 valence electrons. The lowest BCUT2D eigenvalue weighted by Crippen LogP contribution is -2.34. The summed E-state index contributed by atoms with van der Waals surface area (Å²) in [4.78, 5) is 11.9. The zero-order valence-electron chi connectivity index (χ0n) is 31.9. The molecule has 3 aromatic heterocycles. The summed E-state index contributed by atoms with van der Waals surface area (Å²) in [5, 5.41) is 15.4. The lowest BCUT2D eigenvalue weighted by atomic mass is 9.78. The monoisotopic (exact) mass is 725 g/mol. The summed E-state index contributed by atoms with van der Waals surface area (Å²) in [6.07, 6.45) is 9.25. The molecule has 2 aliphatic rings. The molecule has 3 atom stereocenters. The van der Waals surface area contributed by atoms with Gasteiger partial charge in [-0.1, -0.05) is 58.7 Å².